The third-order valence-electron chi connectivity index (χ3n) is 5.86. The number of hydrogen-bond donors (Lipinski definition) is 0. The number of aromatic nitrogens is 1. The van der Waals surface area contributed by atoms with Crippen LogP contribution in [-0.2, 0) is 16.4 Å². The lowest BCUT2D eigenvalue weighted by atomic mass is 9.98. The number of hydrogen-bond acceptors (Lipinski definition) is 3. The summed E-state index contributed by atoms with van der Waals surface area (Å²) in [6.45, 7) is 4.06. The summed E-state index contributed by atoms with van der Waals surface area (Å²) in [4.78, 5) is 2.81. The fourth-order valence-corrected chi connectivity index (χ4v) is 6.23. The van der Waals surface area contributed by atoms with Gasteiger partial charge in [-0.2, -0.15) is 0 Å². The molecule has 0 N–H and O–H groups in total. The Balaban J connectivity index is 1.83. The summed E-state index contributed by atoms with van der Waals surface area (Å²) in [5.74, 6) is 0. The second-order valence-electron chi connectivity index (χ2n) is 7.41. The molecule has 0 spiro atoms. The molecule has 5 rings (SSSR count). The average Bonchev–Trinajstić information content (AvgIpc) is 3.24. The van der Waals surface area contributed by atoms with Crippen molar-refractivity contribution in [3.63, 3.8) is 0 Å². The maximum absolute atomic E-state index is 13.6. The second-order valence-corrected chi connectivity index (χ2v) is 9.19. The molecule has 1 fully saturated rings. The highest BCUT2D eigenvalue weighted by molar-refractivity contribution is 7.90. The van der Waals surface area contributed by atoms with Crippen molar-refractivity contribution >= 4 is 20.9 Å². The molecular weight excluding hydrogens is 344 g/mol. The second kappa shape index (κ2) is 5.69. The molecule has 2 aliphatic rings. The molecule has 1 atom stereocenters. The van der Waals surface area contributed by atoms with Gasteiger partial charge < -0.3 is 0 Å². The molecule has 0 saturated carbocycles. The Morgan fingerprint density at radius 3 is 2.58 bits per heavy atom. The van der Waals surface area contributed by atoms with Crippen LogP contribution in [0.1, 0.15) is 35.7 Å². The first-order valence-corrected chi connectivity index (χ1v) is 10.7. The zero-order valence-electron chi connectivity index (χ0n) is 14.9. The Morgan fingerprint density at radius 2 is 1.77 bits per heavy atom. The minimum absolute atomic E-state index is 0.214. The molecule has 26 heavy (non-hydrogen) atoms. The lowest BCUT2D eigenvalue weighted by Crippen LogP contribution is -2.33. The van der Waals surface area contributed by atoms with Crippen LogP contribution >= 0.6 is 0 Å². The molecule has 4 nitrogen and oxygen atoms in total. The number of aryl methyl sites for hydroxylation is 1. The minimum Gasteiger partial charge on any atom is -0.294 e. The molecule has 3 heterocycles. The van der Waals surface area contributed by atoms with Crippen LogP contribution in [0, 0.1) is 6.92 Å². The third-order valence-corrected chi connectivity index (χ3v) is 7.61. The summed E-state index contributed by atoms with van der Waals surface area (Å²) in [6.07, 6.45) is 3.09. The molecule has 2 aliphatic heterocycles. The van der Waals surface area contributed by atoms with E-state index in [-0.39, 0.29) is 6.04 Å². The van der Waals surface area contributed by atoms with Gasteiger partial charge in [-0.25, -0.2) is 12.4 Å². The summed E-state index contributed by atoms with van der Waals surface area (Å²) in [7, 11) is -3.63. The maximum Gasteiger partial charge on any atom is 0.268 e. The van der Waals surface area contributed by atoms with E-state index in [1.807, 2.05) is 37.3 Å². The van der Waals surface area contributed by atoms with Crippen LogP contribution < -0.4 is 0 Å². The highest BCUT2D eigenvalue weighted by Crippen LogP contribution is 2.43. The van der Waals surface area contributed by atoms with E-state index in [9.17, 15) is 8.42 Å². The number of fused-ring (bicyclic) bond motifs is 5. The monoisotopic (exact) mass is 366 g/mol. The van der Waals surface area contributed by atoms with Crippen LogP contribution in [0.3, 0.4) is 0 Å². The van der Waals surface area contributed by atoms with Crippen LogP contribution in [-0.4, -0.2) is 30.4 Å². The van der Waals surface area contributed by atoms with Crippen LogP contribution in [0.4, 0.5) is 0 Å². The van der Waals surface area contributed by atoms with Crippen molar-refractivity contribution in [2.24, 2.45) is 0 Å². The maximum atomic E-state index is 13.6. The Hall–Kier alpha value is -2.11. The molecule has 134 valence electrons. The van der Waals surface area contributed by atoms with Crippen molar-refractivity contribution in [1.29, 1.82) is 0 Å². The molecule has 0 aliphatic carbocycles. The van der Waals surface area contributed by atoms with Crippen LogP contribution in [0.5, 0.6) is 0 Å². The SMILES string of the molecule is Cc1ccc(S(=O)(=O)n2c3c(c4ccccc42)CCN2CCCC32)cc1. The molecule has 2 aromatic carbocycles. The molecule has 3 aromatic rings. The van der Waals surface area contributed by atoms with Gasteiger partial charge in [-0.3, -0.25) is 4.90 Å². The highest BCUT2D eigenvalue weighted by Gasteiger charge is 2.38. The first-order chi connectivity index (χ1) is 12.6. The van der Waals surface area contributed by atoms with Crippen molar-refractivity contribution in [3.8, 4) is 0 Å². The van der Waals surface area contributed by atoms with Gasteiger partial charge in [0.2, 0.25) is 0 Å². The van der Waals surface area contributed by atoms with E-state index in [1.54, 1.807) is 16.1 Å². The fourth-order valence-electron chi connectivity index (χ4n) is 4.63. The van der Waals surface area contributed by atoms with Crippen molar-refractivity contribution in [2.75, 3.05) is 13.1 Å². The van der Waals surface area contributed by atoms with E-state index >= 15 is 0 Å². The summed E-state index contributed by atoms with van der Waals surface area (Å²) in [6, 6.07) is 15.3. The number of nitrogens with zero attached hydrogens (tertiary/aromatic N) is 2. The molecule has 5 heteroatoms. The van der Waals surface area contributed by atoms with Gasteiger partial charge in [-0.05, 0) is 56.5 Å². The lowest BCUT2D eigenvalue weighted by molar-refractivity contribution is 0.239. The van der Waals surface area contributed by atoms with Crippen LogP contribution in [0.2, 0.25) is 0 Å². The summed E-state index contributed by atoms with van der Waals surface area (Å²) >= 11 is 0. The molecular formula is C21H22N2O2S. The predicted octanol–water partition coefficient (Wildman–Crippen LogP) is 3.88. The largest absolute Gasteiger partial charge is 0.294 e. The zero-order chi connectivity index (χ0) is 17.9. The van der Waals surface area contributed by atoms with Crippen molar-refractivity contribution in [1.82, 2.24) is 8.87 Å². The average molecular weight is 366 g/mol. The first-order valence-electron chi connectivity index (χ1n) is 9.26. The lowest BCUT2D eigenvalue weighted by Gasteiger charge is -2.31. The van der Waals surface area contributed by atoms with E-state index in [4.69, 9.17) is 0 Å². The van der Waals surface area contributed by atoms with Gasteiger partial charge in [0.1, 0.15) is 0 Å². The highest BCUT2D eigenvalue weighted by atomic mass is 32.2. The van der Waals surface area contributed by atoms with Gasteiger partial charge in [-0.15, -0.1) is 0 Å². The molecule has 1 aromatic heterocycles. The number of benzene rings is 2. The van der Waals surface area contributed by atoms with Crippen molar-refractivity contribution in [2.45, 2.75) is 37.1 Å². The molecule has 0 amide bonds. The van der Waals surface area contributed by atoms with Crippen molar-refractivity contribution in [3.05, 3.63) is 65.4 Å². The Bertz CT molecular complexity index is 1100. The number of rotatable bonds is 2. The summed E-state index contributed by atoms with van der Waals surface area (Å²) < 4.78 is 28.9. The van der Waals surface area contributed by atoms with Gasteiger partial charge in [-0.1, -0.05) is 35.9 Å². The minimum atomic E-state index is -3.63. The standard InChI is InChI=1S/C21H22N2O2S/c1-15-8-10-16(11-9-15)26(24,25)23-19-6-3-2-5-17(19)18-12-14-22-13-4-7-20(22)21(18)23/h2-3,5-6,8-11,20H,4,7,12-14H2,1H3. The van der Waals surface area contributed by atoms with E-state index in [2.05, 4.69) is 11.0 Å². The Kier molecular flexibility index (Phi) is 3.52. The normalized spacial score (nSPS) is 20.3. The quantitative estimate of drug-likeness (QED) is 0.691. The first kappa shape index (κ1) is 16.1. The van der Waals surface area contributed by atoms with Crippen LogP contribution in [0.15, 0.2) is 53.4 Å². The molecule has 0 bridgehead atoms. The Labute approximate surface area is 154 Å². The fraction of sp³-hybridized carbons (Fsp3) is 0.333. The molecule has 1 unspecified atom stereocenters. The van der Waals surface area contributed by atoms with Gasteiger partial charge >= 0.3 is 0 Å². The summed E-state index contributed by atoms with van der Waals surface area (Å²) in [5, 5.41) is 1.09. The van der Waals surface area contributed by atoms with Gasteiger partial charge in [0, 0.05) is 11.9 Å². The summed E-state index contributed by atoms with van der Waals surface area (Å²) in [5.41, 5.74) is 4.09. The van der Waals surface area contributed by atoms with Crippen molar-refractivity contribution < 1.29 is 8.42 Å². The van der Waals surface area contributed by atoms with E-state index in [0.717, 1.165) is 54.5 Å². The Morgan fingerprint density at radius 1 is 1.00 bits per heavy atom. The van der Waals surface area contributed by atoms with Gasteiger partial charge in [0.15, 0.2) is 0 Å². The van der Waals surface area contributed by atoms with Crippen LogP contribution in [0.25, 0.3) is 10.9 Å². The predicted molar refractivity (Wildman–Crippen MR) is 103 cm³/mol. The van der Waals surface area contributed by atoms with E-state index < -0.39 is 10.0 Å². The number of para-hydroxylation sites is 1. The van der Waals surface area contributed by atoms with Gasteiger partial charge in [0.05, 0.1) is 22.1 Å². The molecule has 0 radical (unpaired) electrons. The topological polar surface area (TPSA) is 42.3 Å². The van der Waals surface area contributed by atoms with Gasteiger partial charge in [0.25, 0.3) is 10.0 Å². The van der Waals surface area contributed by atoms with E-state index in [0.29, 0.717) is 4.90 Å². The van der Waals surface area contributed by atoms with E-state index in [1.165, 1.54) is 5.56 Å². The zero-order valence-corrected chi connectivity index (χ0v) is 15.7. The smallest absolute Gasteiger partial charge is 0.268 e. The molecule has 1 saturated heterocycles. The third kappa shape index (κ3) is 2.20.